The second-order valence-electron chi connectivity index (χ2n) is 3.85. The average molecular weight is 318 g/mol. The standard InChI is InChI=1S/C14H8BrNO3/c15-11-4-2-1-3-10(11)14(17)19-9-5-6-13-12(7-9)16-8-18-13/h1-8H. The highest BCUT2D eigenvalue weighted by Crippen LogP contribution is 2.22. The second kappa shape index (κ2) is 4.85. The van der Waals surface area contributed by atoms with Crippen molar-refractivity contribution < 1.29 is 13.9 Å². The molecule has 0 unspecified atom stereocenters. The summed E-state index contributed by atoms with van der Waals surface area (Å²) in [5.74, 6) is 0.0115. The minimum Gasteiger partial charge on any atom is -0.443 e. The van der Waals surface area contributed by atoms with Gasteiger partial charge in [-0.15, -0.1) is 0 Å². The number of benzene rings is 2. The molecule has 1 heterocycles. The molecule has 2 aromatic carbocycles. The Morgan fingerprint density at radius 1 is 1.21 bits per heavy atom. The molecule has 0 aliphatic heterocycles. The number of aromatic nitrogens is 1. The number of hydrogen-bond donors (Lipinski definition) is 0. The smallest absolute Gasteiger partial charge is 0.344 e. The highest BCUT2D eigenvalue weighted by Gasteiger charge is 2.12. The molecule has 0 aliphatic carbocycles. The molecule has 94 valence electrons. The van der Waals surface area contributed by atoms with E-state index in [2.05, 4.69) is 20.9 Å². The molecule has 4 nitrogen and oxygen atoms in total. The number of ether oxygens (including phenoxy) is 1. The van der Waals surface area contributed by atoms with Crippen LogP contribution in [0, 0.1) is 0 Å². The van der Waals surface area contributed by atoms with E-state index in [9.17, 15) is 4.79 Å². The summed E-state index contributed by atoms with van der Waals surface area (Å²) in [6, 6.07) is 12.1. The van der Waals surface area contributed by atoms with Crippen LogP contribution in [-0.2, 0) is 0 Å². The van der Waals surface area contributed by atoms with Crippen molar-refractivity contribution >= 4 is 33.0 Å². The van der Waals surface area contributed by atoms with Crippen molar-refractivity contribution in [1.29, 1.82) is 0 Å². The fraction of sp³-hybridized carbons (Fsp3) is 0. The normalized spacial score (nSPS) is 10.6. The fourth-order valence-electron chi connectivity index (χ4n) is 1.69. The molecule has 0 radical (unpaired) electrons. The Morgan fingerprint density at radius 3 is 2.89 bits per heavy atom. The minimum atomic E-state index is -0.421. The van der Waals surface area contributed by atoms with Gasteiger partial charge in [0.05, 0.1) is 5.56 Å². The van der Waals surface area contributed by atoms with E-state index in [-0.39, 0.29) is 0 Å². The molecule has 3 aromatic rings. The minimum absolute atomic E-state index is 0.421. The summed E-state index contributed by atoms with van der Waals surface area (Å²) in [6.07, 6.45) is 1.35. The number of carbonyl (C=O) groups excluding carboxylic acids is 1. The Morgan fingerprint density at radius 2 is 2.05 bits per heavy atom. The maximum absolute atomic E-state index is 12.0. The number of halogens is 1. The summed E-state index contributed by atoms with van der Waals surface area (Å²) in [7, 11) is 0. The van der Waals surface area contributed by atoms with Crippen molar-refractivity contribution in [1.82, 2.24) is 4.98 Å². The van der Waals surface area contributed by atoms with Gasteiger partial charge in [0.2, 0.25) is 0 Å². The van der Waals surface area contributed by atoms with Crippen molar-refractivity contribution in [3.63, 3.8) is 0 Å². The second-order valence-corrected chi connectivity index (χ2v) is 4.71. The fourth-order valence-corrected chi connectivity index (χ4v) is 2.14. The third kappa shape index (κ3) is 2.37. The number of hydrogen-bond acceptors (Lipinski definition) is 4. The third-order valence-corrected chi connectivity index (χ3v) is 3.30. The van der Waals surface area contributed by atoms with Crippen LogP contribution < -0.4 is 4.74 Å². The summed E-state index contributed by atoms with van der Waals surface area (Å²) in [6.45, 7) is 0. The quantitative estimate of drug-likeness (QED) is 0.532. The van der Waals surface area contributed by atoms with Crippen LogP contribution in [-0.4, -0.2) is 11.0 Å². The maximum atomic E-state index is 12.0. The molecule has 3 rings (SSSR count). The van der Waals surface area contributed by atoms with Crippen molar-refractivity contribution in [2.45, 2.75) is 0 Å². The first-order valence-electron chi connectivity index (χ1n) is 5.54. The van der Waals surface area contributed by atoms with Gasteiger partial charge in [-0.3, -0.25) is 0 Å². The molecular formula is C14H8BrNO3. The van der Waals surface area contributed by atoms with Gasteiger partial charge >= 0.3 is 5.97 Å². The van der Waals surface area contributed by atoms with E-state index in [4.69, 9.17) is 9.15 Å². The van der Waals surface area contributed by atoms with Crippen LogP contribution in [0.25, 0.3) is 11.1 Å². The molecule has 19 heavy (non-hydrogen) atoms. The SMILES string of the molecule is O=C(Oc1ccc2ocnc2c1)c1ccccc1Br. The van der Waals surface area contributed by atoms with Gasteiger partial charge in [0, 0.05) is 10.5 Å². The highest BCUT2D eigenvalue weighted by atomic mass is 79.9. The Labute approximate surface area is 117 Å². The van der Waals surface area contributed by atoms with E-state index in [1.54, 1.807) is 36.4 Å². The Kier molecular flexibility index (Phi) is 3.05. The van der Waals surface area contributed by atoms with Crippen LogP contribution in [0.3, 0.4) is 0 Å². The van der Waals surface area contributed by atoms with E-state index in [1.807, 2.05) is 6.07 Å². The molecular weight excluding hydrogens is 310 g/mol. The Hall–Kier alpha value is -2.14. The molecule has 1 aromatic heterocycles. The summed E-state index contributed by atoms with van der Waals surface area (Å²) < 4.78 is 11.1. The zero-order valence-electron chi connectivity index (χ0n) is 9.67. The molecule has 5 heteroatoms. The molecule has 0 saturated carbocycles. The van der Waals surface area contributed by atoms with E-state index < -0.39 is 5.97 Å². The first kappa shape index (κ1) is 11.9. The predicted octanol–water partition coefficient (Wildman–Crippen LogP) is 3.81. The lowest BCUT2D eigenvalue weighted by molar-refractivity contribution is 0.0734. The van der Waals surface area contributed by atoms with Gasteiger partial charge in [0.25, 0.3) is 0 Å². The summed E-state index contributed by atoms with van der Waals surface area (Å²) in [4.78, 5) is 16.0. The maximum Gasteiger partial charge on any atom is 0.344 e. The number of esters is 1. The van der Waals surface area contributed by atoms with Gasteiger partial charge in [-0.05, 0) is 40.2 Å². The van der Waals surface area contributed by atoms with Crippen molar-refractivity contribution in [2.75, 3.05) is 0 Å². The van der Waals surface area contributed by atoms with Gasteiger partial charge in [0.1, 0.15) is 11.3 Å². The van der Waals surface area contributed by atoms with Crippen LogP contribution in [0.5, 0.6) is 5.75 Å². The highest BCUT2D eigenvalue weighted by molar-refractivity contribution is 9.10. The first-order chi connectivity index (χ1) is 9.24. The average Bonchev–Trinajstić information content (AvgIpc) is 2.86. The summed E-state index contributed by atoms with van der Waals surface area (Å²) in [5.41, 5.74) is 1.78. The van der Waals surface area contributed by atoms with Gasteiger partial charge in [0.15, 0.2) is 12.0 Å². The lowest BCUT2D eigenvalue weighted by Gasteiger charge is -2.05. The number of nitrogens with zero attached hydrogens (tertiary/aromatic N) is 1. The van der Waals surface area contributed by atoms with Gasteiger partial charge in [-0.25, -0.2) is 9.78 Å². The number of oxazole rings is 1. The zero-order chi connectivity index (χ0) is 13.2. The first-order valence-corrected chi connectivity index (χ1v) is 6.33. The van der Waals surface area contributed by atoms with E-state index >= 15 is 0 Å². The molecule has 0 saturated heterocycles. The summed E-state index contributed by atoms with van der Waals surface area (Å²) >= 11 is 3.32. The number of carbonyl (C=O) groups is 1. The number of fused-ring (bicyclic) bond motifs is 1. The van der Waals surface area contributed by atoms with E-state index in [0.717, 1.165) is 0 Å². The van der Waals surface area contributed by atoms with Gasteiger partial charge < -0.3 is 9.15 Å². The molecule has 0 fully saturated rings. The summed E-state index contributed by atoms with van der Waals surface area (Å²) in [5, 5.41) is 0. The van der Waals surface area contributed by atoms with Gasteiger partial charge in [-0.2, -0.15) is 0 Å². The van der Waals surface area contributed by atoms with E-state index in [0.29, 0.717) is 26.9 Å². The van der Waals surface area contributed by atoms with Crippen molar-refractivity contribution in [2.24, 2.45) is 0 Å². The molecule has 0 N–H and O–H groups in total. The van der Waals surface area contributed by atoms with Crippen LogP contribution in [0.2, 0.25) is 0 Å². The molecule has 0 atom stereocenters. The molecule has 0 aliphatic rings. The van der Waals surface area contributed by atoms with Crippen LogP contribution in [0.1, 0.15) is 10.4 Å². The molecule has 0 amide bonds. The lowest BCUT2D eigenvalue weighted by atomic mass is 10.2. The van der Waals surface area contributed by atoms with E-state index in [1.165, 1.54) is 6.39 Å². The van der Waals surface area contributed by atoms with Crippen molar-refractivity contribution in [3.8, 4) is 5.75 Å². The predicted molar refractivity (Wildman–Crippen MR) is 73.1 cm³/mol. The third-order valence-electron chi connectivity index (χ3n) is 2.61. The Balaban J connectivity index is 1.88. The van der Waals surface area contributed by atoms with Crippen LogP contribution in [0.4, 0.5) is 0 Å². The lowest BCUT2D eigenvalue weighted by Crippen LogP contribution is -2.09. The van der Waals surface area contributed by atoms with Crippen LogP contribution in [0.15, 0.2) is 57.7 Å². The Bertz CT molecular complexity index is 751. The molecule has 0 spiro atoms. The van der Waals surface area contributed by atoms with Gasteiger partial charge in [-0.1, -0.05) is 12.1 Å². The monoisotopic (exact) mass is 317 g/mol. The van der Waals surface area contributed by atoms with Crippen molar-refractivity contribution in [3.05, 3.63) is 58.9 Å². The zero-order valence-corrected chi connectivity index (χ0v) is 11.3. The topological polar surface area (TPSA) is 52.3 Å². The molecule has 0 bridgehead atoms. The largest absolute Gasteiger partial charge is 0.443 e. The number of rotatable bonds is 2. The van der Waals surface area contributed by atoms with Crippen LogP contribution >= 0.6 is 15.9 Å².